The van der Waals surface area contributed by atoms with Crippen molar-refractivity contribution in [2.24, 2.45) is 11.3 Å². The van der Waals surface area contributed by atoms with E-state index in [1.165, 1.54) is 0 Å². The summed E-state index contributed by atoms with van der Waals surface area (Å²) in [5, 5.41) is 9.79. The normalized spacial score (nSPS) is 26.8. The standard InChI is InChI=1S/C21H26N2O5S/c1-29(27,28)23-14-21(9-10-21)13-17(20(25)26)18(23)19(24)22-11-7-16(8-12-22)15-5-3-2-4-6-15/h2-7,17-18H,8-14H2,1H3,(H,25,26). The fourth-order valence-corrected chi connectivity index (χ4v) is 5.78. The highest BCUT2D eigenvalue weighted by molar-refractivity contribution is 7.88. The molecule has 1 N–H and O–H groups in total. The zero-order valence-electron chi connectivity index (χ0n) is 16.5. The lowest BCUT2D eigenvalue weighted by Crippen LogP contribution is -2.60. The Morgan fingerprint density at radius 1 is 1.17 bits per heavy atom. The zero-order chi connectivity index (χ0) is 20.8. The van der Waals surface area contributed by atoms with Crippen LogP contribution in [0.5, 0.6) is 0 Å². The molecule has 1 aliphatic carbocycles. The maximum absolute atomic E-state index is 13.3. The van der Waals surface area contributed by atoms with E-state index in [1.54, 1.807) is 4.90 Å². The van der Waals surface area contributed by atoms with Gasteiger partial charge in [0.1, 0.15) is 6.04 Å². The molecule has 2 aliphatic heterocycles. The maximum atomic E-state index is 13.3. The highest BCUT2D eigenvalue weighted by Crippen LogP contribution is 2.55. The van der Waals surface area contributed by atoms with Crippen molar-refractivity contribution in [3.8, 4) is 0 Å². The summed E-state index contributed by atoms with van der Waals surface area (Å²) in [5.74, 6) is -2.50. The topological polar surface area (TPSA) is 95.0 Å². The Morgan fingerprint density at radius 3 is 2.38 bits per heavy atom. The quantitative estimate of drug-likeness (QED) is 0.805. The Morgan fingerprint density at radius 2 is 1.86 bits per heavy atom. The molecule has 1 saturated heterocycles. The third kappa shape index (κ3) is 3.96. The summed E-state index contributed by atoms with van der Waals surface area (Å²) in [6.45, 7) is 1.05. The minimum absolute atomic E-state index is 0.241. The van der Waals surface area contributed by atoms with Gasteiger partial charge in [0, 0.05) is 19.6 Å². The molecule has 29 heavy (non-hydrogen) atoms. The Bertz CT molecular complexity index is 953. The molecular formula is C21H26N2O5S. The predicted molar refractivity (Wildman–Crippen MR) is 108 cm³/mol. The molecule has 1 aromatic rings. The van der Waals surface area contributed by atoms with Crippen LogP contribution in [0.4, 0.5) is 0 Å². The van der Waals surface area contributed by atoms with Crippen LogP contribution in [0.15, 0.2) is 36.4 Å². The van der Waals surface area contributed by atoms with Crippen LogP contribution in [0.3, 0.4) is 0 Å². The van der Waals surface area contributed by atoms with Crippen LogP contribution >= 0.6 is 0 Å². The first-order valence-electron chi connectivity index (χ1n) is 9.93. The number of hydrogen-bond donors (Lipinski definition) is 1. The van der Waals surface area contributed by atoms with Crippen LogP contribution in [0.1, 0.15) is 31.2 Å². The number of amides is 1. The molecule has 1 saturated carbocycles. The van der Waals surface area contributed by atoms with E-state index in [-0.39, 0.29) is 12.0 Å². The van der Waals surface area contributed by atoms with Crippen molar-refractivity contribution < 1.29 is 23.1 Å². The number of carbonyl (C=O) groups is 2. The van der Waals surface area contributed by atoms with E-state index >= 15 is 0 Å². The molecule has 8 heteroatoms. The highest BCUT2D eigenvalue weighted by atomic mass is 32.2. The van der Waals surface area contributed by atoms with E-state index in [0.717, 1.165) is 34.5 Å². The van der Waals surface area contributed by atoms with Gasteiger partial charge < -0.3 is 10.0 Å². The molecule has 0 aromatic heterocycles. The van der Waals surface area contributed by atoms with Crippen LogP contribution in [0.2, 0.25) is 0 Å². The summed E-state index contributed by atoms with van der Waals surface area (Å²) in [5.41, 5.74) is 1.98. The van der Waals surface area contributed by atoms with Gasteiger partial charge in [0.2, 0.25) is 15.9 Å². The molecular weight excluding hydrogens is 392 g/mol. The van der Waals surface area contributed by atoms with Crippen molar-refractivity contribution in [2.45, 2.75) is 31.7 Å². The number of carbonyl (C=O) groups excluding carboxylic acids is 1. The van der Waals surface area contributed by atoms with Gasteiger partial charge in [0.05, 0.1) is 12.2 Å². The smallest absolute Gasteiger partial charge is 0.308 e. The van der Waals surface area contributed by atoms with Gasteiger partial charge in [-0.3, -0.25) is 9.59 Å². The Kier molecular flexibility index (Phi) is 5.02. The summed E-state index contributed by atoms with van der Waals surface area (Å²) in [4.78, 5) is 26.9. The highest BCUT2D eigenvalue weighted by Gasteiger charge is 2.58. The van der Waals surface area contributed by atoms with Crippen molar-refractivity contribution in [3.05, 3.63) is 42.0 Å². The maximum Gasteiger partial charge on any atom is 0.308 e. The number of carboxylic acids is 1. The number of rotatable bonds is 4. The molecule has 4 rings (SSSR count). The monoisotopic (exact) mass is 418 g/mol. The molecule has 0 bridgehead atoms. The first-order chi connectivity index (χ1) is 13.7. The van der Waals surface area contributed by atoms with Gasteiger partial charge >= 0.3 is 5.97 Å². The third-order valence-electron chi connectivity index (χ3n) is 6.45. The SMILES string of the molecule is CS(=O)(=O)N1CC2(CC2)CC(C(=O)O)C1C(=O)N1CC=C(c2ccccc2)CC1. The Hall–Kier alpha value is -2.19. The predicted octanol–water partition coefficient (Wildman–Crippen LogP) is 1.82. The van der Waals surface area contributed by atoms with Crippen molar-refractivity contribution in [3.63, 3.8) is 0 Å². The van der Waals surface area contributed by atoms with Gasteiger partial charge in [-0.25, -0.2) is 8.42 Å². The van der Waals surface area contributed by atoms with Crippen molar-refractivity contribution in [1.29, 1.82) is 0 Å². The first-order valence-corrected chi connectivity index (χ1v) is 11.8. The summed E-state index contributed by atoms with van der Waals surface area (Å²) in [6, 6.07) is 8.75. The molecule has 2 fully saturated rings. The van der Waals surface area contributed by atoms with Crippen LogP contribution in [-0.4, -0.2) is 66.5 Å². The average molecular weight is 419 g/mol. The minimum Gasteiger partial charge on any atom is -0.481 e. The Balaban J connectivity index is 1.58. The van der Waals surface area contributed by atoms with Crippen LogP contribution in [-0.2, 0) is 19.6 Å². The van der Waals surface area contributed by atoms with Crippen molar-refractivity contribution in [2.75, 3.05) is 25.9 Å². The largest absolute Gasteiger partial charge is 0.481 e. The van der Waals surface area contributed by atoms with Crippen LogP contribution in [0, 0.1) is 11.3 Å². The molecule has 2 atom stereocenters. The van der Waals surface area contributed by atoms with Gasteiger partial charge in [-0.05, 0) is 42.2 Å². The Labute approximate surface area is 171 Å². The second-order valence-electron chi connectivity index (χ2n) is 8.53. The van der Waals surface area contributed by atoms with Crippen molar-refractivity contribution in [1.82, 2.24) is 9.21 Å². The first kappa shape index (κ1) is 20.1. The summed E-state index contributed by atoms with van der Waals surface area (Å²) in [6.07, 6.45) is 5.69. The van der Waals surface area contributed by atoms with Crippen LogP contribution in [0.25, 0.3) is 5.57 Å². The number of hydrogen-bond acceptors (Lipinski definition) is 4. The lowest BCUT2D eigenvalue weighted by atomic mass is 9.81. The van der Waals surface area contributed by atoms with E-state index in [2.05, 4.69) is 0 Å². The minimum atomic E-state index is -3.70. The lowest BCUT2D eigenvalue weighted by molar-refractivity contribution is -0.153. The number of aliphatic carboxylic acids is 1. The van der Waals surface area contributed by atoms with E-state index in [9.17, 15) is 23.1 Å². The second-order valence-corrected chi connectivity index (χ2v) is 10.5. The van der Waals surface area contributed by atoms with Gasteiger partial charge in [-0.1, -0.05) is 36.4 Å². The number of carboxylic acid groups (broad SMARTS) is 1. The fourth-order valence-electron chi connectivity index (χ4n) is 4.62. The molecule has 1 amide bonds. The molecule has 2 unspecified atom stereocenters. The van der Waals surface area contributed by atoms with Gasteiger partial charge in [0.15, 0.2) is 0 Å². The van der Waals surface area contributed by atoms with E-state index < -0.39 is 33.9 Å². The van der Waals surface area contributed by atoms with E-state index in [0.29, 0.717) is 25.9 Å². The van der Waals surface area contributed by atoms with Gasteiger partial charge in [-0.2, -0.15) is 4.31 Å². The summed E-state index contributed by atoms with van der Waals surface area (Å²) < 4.78 is 26.1. The zero-order valence-corrected chi connectivity index (χ0v) is 17.3. The lowest BCUT2D eigenvalue weighted by Gasteiger charge is -2.43. The molecule has 1 spiro atoms. The van der Waals surface area contributed by atoms with Gasteiger partial charge in [-0.15, -0.1) is 0 Å². The second kappa shape index (κ2) is 7.25. The average Bonchev–Trinajstić information content (AvgIpc) is 3.45. The molecule has 7 nitrogen and oxygen atoms in total. The van der Waals surface area contributed by atoms with E-state index in [1.807, 2.05) is 36.4 Å². The number of sulfonamides is 1. The summed E-state index contributed by atoms with van der Waals surface area (Å²) in [7, 11) is -3.70. The van der Waals surface area contributed by atoms with Gasteiger partial charge in [0.25, 0.3) is 0 Å². The summed E-state index contributed by atoms with van der Waals surface area (Å²) >= 11 is 0. The fraction of sp³-hybridized carbons (Fsp3) is 0.524. The molecule has 156 valence electrons. The van der Waals surface area contributed by atoms with Crippen LogP contribution < -0.4 is 0 Å². The molecule has 1 aromatic carbocycles. The number of piperidine rings is 1. The third-order valence-corrected chi connectivity index (χ3v) is 7.66. The molecule has 2 heterocycles. The van der Waals surface area contributed by atoms with Crippen molar-refractivity contribution >= 4 is 27.5 Å². The molecule has 0 radical (unpaired) electrons. The number of nitrogens with zero attached hydrogens (tertiary/aromatic N) is 2. The molecule has 3 aliphatic rings. The van der Waals surface area contributed by atoms with E-state index in [4.69, 9.17) is 0 Å². The number of benzene rings is 1.